The highest BCUT2D eigenvalue weighted by Gasteiger charge is 1.97. The van der Waals surface area contributed by atoms with Gasteiger partial charge < -0.3 is 21.3 Å². The first-order valence-corrected chi connectivity index (χ1v) is 2.93. The molecular formula is C5H14Cl2N2O3. The quantitative estimate of drug-likeness (QED) is 0.432. The Kier molecular flexibility index (Phi) is 16.3. The number of nitrogens with two attached hydrogens (primary N) is 2. The number of ether oxygens (including phenoxy) is 1. The highest BCUT2D eigenvalue weighted by atomic mass is 35.5. The molecule has 0 saturated heterocycles. The van der Waals surface area contributed by atoms with Crippen LogP contribution in [0.5, 0.6) is 0 Å². The monoisotopic (exact) mass is 220 g/mol. The predicted octanol–water partition coefficient (Wildman–Crippen LogP) is -0.435. The molecule has 5 nitrogen and oxygen atoms in total. The minimum Gasteiger partial charge on any atom is -0.480 e. The second-order valence-electron chi connectivity index (χ2n) is 1.90. The Hall–Kier alpha value is -0.0700. The molecule has 0 rings (SSSR count). The molecule has 7 heteroatoms. The first kappa shape index (κ1) is 17.9. The Morgan fingerprint density at radius 2 is 1.92 bits per heavy atom. The van der Waals surface area contributed by atoms with Crippen LogP contribution in [-0.4, -0.2) is 30.5 Å². The van der Waals surface area contributed by atoms with E-state index in [1.54, 1.807) is 0 Å². The van der Waals surface area contributed by atoms with Crippen molar-refractivity contribution >= 4 is 30.8 Å². The van der Waals surface area contributed by atoms with Crippen molar-refractivity contribution in [2.45, 2.75) is 12.6 Å². The predicted molar refractivity (Wildman–Crippen MR) is 49.7 cm³/mol. The maximum Gasteiger partial charge on any atom is 0.329 e. The molecule has 12 heavy (non-hydrogen) atoms. The number of hydrogen-bond donors (Lipinski definition) is 3. The third-order valence-electron chi connectivity index (χ3n) is 0.821. The SMILES string of the molecule is Cl.Cl.NC(N)CCOCC(=O)O. The molecule has 0 amide bonds. The molecule has 0 saturated carbocycles. The minimum absolute atomic E-state index is 0. The highest BCUT2D eigenvalue weighted by molar-refractivity contribution is 5.85. The summed E-state index contributed by atoms with van der Waals surface area (Å²) in [5.41, 5.74) is 10.3. The first-order chi connectivity index (χ1) is 4.63. The Labute approximate surface area is 83.3 Å². The van der Waals surface area contributed by atoms with Crippen LogP contribution in [0.4, 0.5) is 0 Å². The molecule has 0 heterocycles. The summed E-state index contributed by atoms with van der Waals surface area (Å²) in [7, 11) is 0. The average Bonchev–Trinajstić information content (AvgIpc) is 1.79. The van der Waals surface area contributed by atoms with Gasteiger partial charge in [0.2, 0.25) is 0 Å². The third kappa shape index (κ3) is 16.5. The Morgan fingerprint density at radius 3 is 2.25 bits per heavy atom. The van der Waals surface area contributed by atoms with Crippen LogP contribution in [0.3, 0.4) is 0 Å². The molecule has 0 aliphatic rings. The molecule has 0 atom stereocenters. The van der Waals surface area contributed by atoms with E-state index in [1.807, 2.05) is 0 Å². The minimum atomic E-state index is -0.981. The van der Waals surface area contributed by atoms with Crippen molar-refractivity contribution < 1.29 is 14.6 Å². The van der Waals surface area contributed by atoms with E-state index in [0.29, 0.717) is 13.0 Å². The Morgan fingerprint density at radius 1 is 1.42 bits per heavy atom. The zero-order valence-electron chi connectivity index (χ0n) is 6.43. The number of halogens is 2. The molecule has 0 radical (unpaired) electrons. The smallest absolute Gasteiger partial charge is 0.329 e. The average molecular weight is 221 g/mol. The highest BCUT2D eigenvalue weighted by Crippen LogP contribution is 1.82. The van der Waals surface area contributed by atoms with Gasteiger partial charge in [0.05, 0.1) is 12.8 Å². The molecule has 0 bridgehead atoms. The van der Waals surface area contributed by atoms with E-state index < -0.39 is 12.1 Å². The van der Waals surface area contributed by atoms with Gasteiger partial charge in [-0.2, -0.15) is 0 Å². The fourth-order valence-electron chi connectivity index (χ4n) is 0.379. The summed E-state index contributed by atoms with van der Waals surface area (Å²) in [4.78, 5) is 9.86. The molecule has 0 aromatic heterocycles. The summed E-state index contributed by atoms with van der Waals surface area (Å²) in [6.45, 7) is 0.0106. The van der Waals surface area contributed by atoms with Crippen molar-refractivity contribution in [3.05, 3.63) is 0 Å². The van der Waals surface area contributed by atoms with E-state index in [4.69, 9.17) is 16.6 Å². The molecular weight excluding hydrogens is 207 g/mol. The van der Waals surface area contributed by atoms with Crippen LogP contribution in [0.2, 0.25) is 0 Å². The van der Waals surface area contributed by atoms with E-state index in [9.17, 15) is 4.79 Å². The Bertz CT molecular complexity index is 113. The fraction of sp³-hybridized carbons (Fsp3) is 0.800. The largest absolute Gasteiger partial charge is 0.480 e. The lowest BCUT2D eigenvalue weighted by atomic mass is 10.4. The molecule has 0 aliphatic heterocycles. The number of rotatable bonds is 5. The number of carboxylic acid groups (broad SMARTS) is 1. The fourth-order valence-corrected chi connectivity index (χ4v) is 0.379. The van der Waals surface area contributed by atoms with E-state index in [-0.39, 0.29) is 31.4 Å². The van der Waals surface area contributed by atoms with Crippen molar-refractivity contribution in [3.8, 4) is 0 Å². The number of aliphatic carboxylic acids is 1. The molecule has 0 spiro atoms. The zero-order valence-corrected chi connectivity index (χ0v) is 8.07. The molecule has 5 N–H and O–H groups in total. The van der Waals surface area contributed by atoms with Gasteiger partial charge in [0.15, 0.2) is 0 Å². The summed E-state index contributed by atoms with van der Waals surface area (Å²) in [6, 6.07) is 0. The van der Waals surface area contributed by atoms with Gasteiger partial charge in [-0.1, -0.05) is 0 Å². The lowest BCUT2D eigenvalue weighted by Crippen LogP contribution is -2.31. The van der Waals surface area contributed by atoms with Gasteiger partial charge in [0, 0.05) is 0 Å². The normalized spacial score (nSPS) is 8.58. The van der Waals surface area contributed by atoms with Crippen molar-refractivity contribution in [2.75, 3.05) is 13.2 Å². The van der Waals surface area contributed by atoms with Crippen LogP contribution in [0.25, 0.3) is 0 Å². The van der Waals surface area contributed by atoms with Crippen LogP contribution in [0, 0.1) is 0 Å². The summed E-state index contributed by atoms with van der Waals surface area (Å²) < 4.78 is 4.65. The van der Waals surface area contributed by atoms with Crippen molar-refractivity contribution in [2.24, 2.45) is 11.5 Å². The maximum atomic E-state index is 9.86. The summed E-state index contributed by atoms with van der Waals surface area (Å²) >= 11 is 0. The zero-order chi connectivity index (χ0) is 7.98. The Balaban J connectivity index is -0.000000405. The first-order valence-electron chi connectivity index (χ1n) is 2.93. The molecule has 0 aliphatic carbocycles. The molecule has 0 unspecified atom stereocenters. The topological polar surface area (TPSA) is 98.6 Å². The number of carboxylic acids is 1. The van der Waals surface area contributed by atoms with E-state index >= 15 is 0 Å². The van der Waals surface area contributed by atoms with Gasteiger partial charge in [-0.05, 0) is 6.42 Å². The lowest BCUT2D eigenvalue weighted by molar-refractivity contribution is -0.142. The summed E-state index contributed by atoms with van der Waals surface area (Å²) in [6.07, 6.45) is 0.0570. The van der Waals surface area contributed by atoms with E-state index in [2.05, 4.69) is 4.74 Å². The van der Waals surface area contributed by atoms with Crippen LogP contribution in [0.15, 0.2) is 0 Å². The second kappa shape index (κ2) is 10.9. The van der Waals surface area contributed by atoms with Crippen molar-refractivity contribution in [3.63, 3.8) is 0 Å². The lowest BCUT2D eigenvalue weighted by Gasteiger charge is -2.03. The van der Waals surface area contributed by atoms with Crippen LogP contribution in [0.1, 0.15) is 6.42 Å². The van der Waals surface area contributed by atoms with Gasteiger partial charge in [0.25, 0.3) is 0 Å². The van der Waals surface area contributed by atoms with E-state index in [0.717, 1.165) is 0 Å². The summed E-state index contributed by atoms with van der Waals surface area (Å²) in [5, 5.41) is 8.09. The van der Waals surface area contributed by atoms with Gasteiger partial charge in [-0.15, -0.1) is 24.8 Å². The van der Waals surface area contributed by atoms with Crippen LogP contribution >= 0.6 is 24.8 Å². The van der Waals surface area contributed by atoms with Crippen LogP contribution < -0.4 is 11.5 Å². The van der Waals surface area contributed by atoms with Gasteiger partial charge in [-0.25, -0.2) is 4.79 Å². The van der Waals surface area contributed by atoms with Gasteiger partial charge in [0.1, 0.15) is 6.61 Å². The van der Waals surface area contributed by atoms with Gasteiger partial charge >= 0.3 is 5.97 Å². The van der Waals surface area contributed by atoms with Crippen LogP contribution in [-0.2, 0) is 9.53 Å². The van der Waals surface area contributed by atoms with Crippen molar-refractivity contribution in [1.82, 2.24) is 0 Å². The standard InChI is InChI=1S/C5H12N2O3.2ClH/c6-4(7)1-2-10-3-5(8)9;;/h4H,1-3,6-7H2,(H,8,9);2*1H. The third-order valence-corrected chi connectivity index (χ3v) is 0.821. The molecule has 0 aromatic carbocycles. The molecule has 0 fully saturated rings. The van der Waals surface area contributed by atoms with Crippen molar-refractivity contribution in [1.29, 1.82) is 0 Å². The molecule has 0 aromatic rings. The molecule has 76 valence electrons. The summed E-state index contributed by atoms with van der Waals surface area (Å²) in [5.74, 6) is -0.981. The maximum absolute atomic E-state index is 9.86. The van der Waals surface area contributed by atoms with Gasteiger partial charge in [-0.3, -0.25) is 0 Å². The van der Waals surface area contributed by atoms with E-state index in [1.165, 1.54) is 0 Å². The second-order valence-corrected chi connectivity index (χ2v) is 1.90. The number of hydrogen-bond acceptors (Lipinski definition) is 4. The number of carbonyl (C=O) groups is 1.